The lowest BCUT2D eigenvalue weighted by molar-refractivity contribution is -0.383. The van der Waals surface area contributed by atoms with E-state index in [1.165, 1.54) is 23.5 Å². The summed E-state index contributed by atoms with van der Waals surface area (Å²) in [5, 5.41) is 17.7. The van der Waals surface area contributed by atoms with Crippen LogP contribution in [0.15, 0.2) is 41.8 Å². The van der Waals surface area contributed by atoms with Crippen LogP contribution in [0.25, 0.3) is 0 Å². The van der Waals surface area contributed by atoms with E-state index in [0.29, 0.717) is 4.88 Å². The largest absolute Gasteiger partial charge is 0.327 e. The number of amides is 1. The molecule has 2 aromatic rings. The lowest BCUT2D eigenvalue weighted by Gasteiger charge is -2.08. The molecule has 2 rings (SSSR count). The molecule has 0 spiro atoms. The van der Waals surface area contributed by atoms with Crippen molar-refractivity contribution >= 4 is 45.9 Å². The Kier molecular flexibility index (Phi) is 4.38. The fourth-order valence-corrected chi connectivity index (χ4v) is 2.29. The summed E-state index contributed by atoms with van der Waals surface area (Å²) in [4.78, 5) is 22.6. The van der Waals surface area contributed by atoms with E-state index < -0.39 is 4.92 Å². The molecule has 1 aromatic carbocycles. The van der Waals surface area contributed by atoms with Gasteiger partial charge in [0.25, 0.3) is 11.6 Å². The maximum absolute atomic E-state index is 11.8. The number of thiophene rings is 1. The highest BCUT2D eigenvalue weighted by Crippen LogP contribution is 2.22. The van der Waals surface area contributed by atoms with Crippen molar-refractivity contribution in [2.45, 2.75) is 0 Å². The lowest BCUT2D eigenvalue weighted by atomic mass is 10.3. The van der Waals surface area contributed by atoms with Gasteiger partial charge in [0, 0.05) is 6.07 Å². The number of nitro groups is 1. The second kappa shape index (κ2) is 6.22. The first-order chi connectivity index (χ1) is 9.58. The molecule has 0 aliphatic rings. The summed E-state index contributed by atoms with van der Waals surface area (Å²) in [6.07, 6.45) is 0. The predicted molar refractivity (Wildman–Crippen MR) is 81.1 cm³/mol. The van der Waals surface area contributed by atoms with Crippen molar-refractivity contribution in [3.8, 4) is 0 Å². The van der Waals surface area contributed by atoms with E-state index in [2.05, 4.69) is 10.6 Å². The number of benzene rings is 1. The molecule has 0 saturated heterocycles. The van der Waals surface area contributed by atoms with Crippen molar-refractivity contribution in [1.29, 1.82) is 0 Å². The Morgan fingerprint density at radius 1 is 1.25 bits per heavy atom. The number of hydrogen-bond acceptors (Lipinski definition) is 5. The van der Waals surface area contributed by atoms with Crippen molar-refractivity contribution in [3.63, 3.8) is 0 Å². The normalized spacial score (nSPS) is 9.80. The summed E-state index contributed by atoms with van der Waals surface area (Å²) in [5.74, 6) is -0.351. The van der Waals surface area contributed by atoms with Crippen LogP contribution in [-0.4, -0.2) is 15.9 Å². The van der Waals surface area contributed by atoms with Gasteiger partial charge in [0.05, 0.1) is 9.80 Å². The quantitative estimate of drug-likeness (QED) is 0.517. The Morgan fingerprint density at radius 2 is 2.00 bits per heavy atom. The highest BCUT2D eigenvalue weighted by atomic mass is 32.1. The number of nitrogens with one attached hydrogen (secondary N) is 2. The molecule has 102 valence electrons. The summed E-state index contributed by atoms with van der Waals surface area (Å²) in [5.41, 5.74) is 0.120. The van der Waals surface area contributed by atoms with Gasteiger partial charge in [0.1, 0.15) is 5.69 Å². The van der Waals surface area contributed by atoms with Crippen LogP contribution in [0, 0.1) is 10.1 Å². The van der Waals surface area contributed by atoms with Crippen molar-refractivity contribution < 1.29 is 9.72 Å². The number of carbonyl (C=O) groups excluding carboxylic acids is 1. The Bertz CT molecular complexity index is 656. The zero-order valence-electron chi connectivity index (χ0n) is 10.0. The molecule has 1 heterocycles. The Morgan fingerprint density at radius 3 is 2.65 bits per heavy atom. The predicted octanol–water partition coefficient (Wildman–Crippen LogP) is 2.78. The van der Waals surface area contributed by atoms with Crippen molar-refractivity contribution in [2.24, 2.45) is 0 Å². The number of thiocarbonyl (C=S) groups is 1. The maximum atomic E-state index is 11.8. The van der Waals surface area contributed by atoms with Crippen LogP contribution in [0.4, 0.5) is 11.4 Å². The minimum atomic E-state index is -0.522. The molecule has 0 aliphatic carbocycles. The highest BCUT2D eigenvalue weighted by Gasteiger charge is 2.14. The first kappa shape index (κ1) is 14.1. The molecule has 0 unspecified atom stereocenters. The number of carbonyl (C=O) groups is 1. The minimum Gasteiger partial charge on any atom is -0.327 e. The average Bonchev–Trinajstić information content (AvgIpc) is 2.92. The molecule has 0 aliphatic heterocycles. The molecule has 1 amide bonds. The molecule has 0 atom stereocenters. The fraction of sp³-hybridized carbons (Fsp3) is 0. The Balaban J connectivity index is 2.05. The van der Waals surface area contributed by atoms with Gasteiger partial charge in [-0.2, -0.15) is 0 Å². The van der Waals surface area contributed by atoms with Gasteiger partial charge in [-0.1, -0.05) is 18.2 Å². The Labute approximate surface area is 123 Å². The SMILES string of the molecule is O=C(NC(=S)Nc1ccccc1[N+](=O)[O-])c1cccs1. The molecule has 6 nitrogen and oxygen atoms in total. The number of nitrogens with zero attached hydrogens (tertiary/aromatic N) is 1. The van der Waals surface area contributed by atoms with Crippen LogP contribution in [0.1, 0.15) is 9.67 Å². The van der Waals surface area contributed by atoms with Gasteiger partial charge in [0.2, 0.25) is 0 Å². The summed E-state index contributed by atoms with van der Waals surface area (Å²) in [6, 6.07) is 9.47. The highest BCUT2D eigenvalue weighted by molar-refractivity contribution is 7.80. The summed E-state index contributed by atoms with van der Waals surface area (Å²) < 4.78 is 0. The van der Waals surface area contributed by atoms with E-state index in [4.69, 9.17) is 12.2 Å². The fourth-order valence-electron chi connectivity index (χ4n) is 1.46. The topological polar surface area (TPSA) is 84.3 Å². The molecular weight excluding hydrogens is 298 g/mol. The van der Waals surface area contributed by atoms with E-state index in [-0.39, 0.29) is 22.4 Å². The van der Waals surface area contributed by atoms with Crippen LogP contribution in [-0.2, 0) is 0 Å². The molecule has 8 heteroatoms. The average molecular weight is 307 g/mol. The number of anilines is 1. The number of rotatable bonds is 3. The van der Waals surface area contributed by atoms with Gasteiger partial charge in [-0.3, -0.25) is 20.2 Å². The van der Waals surface area contributed by atoms with Gasteiger partial charge < -0.3 is 5.32 Å². The molecule has 20 heavy (non-hydrogen) atoms. The second-order valence-corrected chi connectivity index (χ2v) is 5.02. The summed E-state index contributed by atoms with van der Waals surface area (Å²) in [7, 11) is 0. The third-order valence-electron chi connectivity index (χ3n) is 2.32. The Hall–Kier alpha value is -2.32. The first-order valence-corrected chi connectivity index (χ1v) is 6.76. The van der Waals surface area contributed by atoms with Crippen LogP contribution >= 0.6 is 23.6 Å². The van der Waals surface area contributed by atoms with Crippen molar-refractivity contribution in [2.75, 3.05) is 5.32 Å². The molecular formula is C12H9N3O3S2. The van der Waals surface area contributed by atoms with E-state index in [0.717, 1.165) is 0 Å². The van der Waals surface area contributed by atoms with E-state index >= 15 is 0 Å². The second-order valence-electron chi connectivity index (χ2n) is 3.66. The maximum Gasteiger partial charge on any atom is 0.292 e. The van der Waals surface area contributed by atoms with Crippen molar-refractivity contribution in [1.82, 2.24) is 5.32 Å². The van der Waals surface area contributed by atoms with E-state index in [9.17, 15) is 14.9 Å². The van der Waals surface area contributed by atoms with Gasteiger partial charge in [-0.25, -0.2) is 0 Å². The minimum absolute atomic E-state index is 0.0118. The lowest BCUT2D eigenvalue weighted by Crippen LogP contribution is -2.33. The van der Waals surface area contributed by atoms with Gasteiger partial charge in [-0.15, -0.1) is 11.3 Å². The molecule has 0 fully saturated rings. The zero-order chi connectivity index (χ0) is 14.5. The third-order valence-corrected chi connectivity index (χ3v) is 3.39. The smallest absolute Gasteiger partial charge is 0.292 e. The first-order valence-electron chi connectivity index (χ1n) is 5.47. The molecule has 1 aromatic heterocycles. The summed E-state index contributed by atoms with van der Waals surface area (Å²) in [6.45, 7) is 0. The van der Waals surface area contributed by atoms with Crippen LogP contribution in [0.3, 0.4) is 0 Å². The van der Waals surface area contributed by atoms with Crippen LogP contribution in [0.5, 0.6) is 0 Å². The third kappa shape index (κ3) is 3.37. The zero-order valence-corrected chi connectivity index (χ0v) is 11.7. The molecule has 0 saturated carbocycles. The van der Waals surface area contributed by atoms with E-state index in [1.807, 2.05) is 0 Å². The van der Waals surface area contributed by atoms with Gasteiger partial charge in [-0.05, 0) is 29.7 Å². The standard InChI is InChI=1S/C12H9N3O3S2/c16-11(10-6-3-7-20-10)14-12(19)13-8-4-1-2-5-9(8)15(17)18/h1-7H,(H2,13,14,16,19). The molecule has 0 radical (unpaired) electrons. The van der Waals surface area contributed by atoms with Gasteiger partial charge >= 0.3 is 0 Å². The molecule has 0 bridgehead atoms. The number of nitro benzene ring substituents is 1. The van der Waals surface area contributed by atoms with Crippen LogP contribution < -0.4 is 10.6 Å². The number of para-hydroxylation sites is 2. The van der Waals surface area contributed by atoms with Crippen molar-refractivity contribution in [3.05, 3.63) is 56.8 Å². The number of hydrogen-bond donors (Lipinski definition) is 2. The molecule has 2 N–H and O–H groups in total. The monoisotopic (exact) mass is 307 g/mol. The van der Waals surface area contributed by atoms with Gasteiger partial charge in [0.15, 0.2) is 5.11 Å². The van der Waals surface area contributed by atoms with Crippen LogP contribution in [0.2, 0.25) is 0 Å². The van der Waals surface area contributed by atoms with E-state index in [1.54, 1.807) is 29.6 Å². The summed E-state index contributed by atoms with van der Waals surface area (Å²) >= 11 is 6.25.